The van der Waals surface area contributed by atoms with E-state index in [4.69, 9.17) is 4.67 Å². The Balaban J connectivity index is 2.97. The molecule has 5 heteroatoms. The highest BCUT2D eigenvalue weighted by Gasteiger charge is 2.45. The van der Waals surface area contributed by atoms with Crippen LogP contribution in [0.5, 0.6) is 0 Å². The van der Waals surface area contributed by atoms with Crippen molar-refractivity contribution >= 4 is 22.7 Å². The maximum atomic E-state index is 5.49. The van der Waals surface area contributed by atoms with Gasteiger partial charge >= 0.3 is 10.7 Å². The van der Waals surface area contributed by atoms with E-state index in [0.717, 1.165) is 0 Å². The van der Waals surface area contributed by atoms with Crippen molar-refractivity contribution in [3.8, 4) is 0 Å². The summed E-state index contributed by atoms with van der Waals surface area (Å²) in [4.78, 5) is 10.2. The molecule has 200 valence electrons. The topological polar surface area (TPSA) is 27.1 Å². The first-order valence-corrected chi connectivity index (χ1v) is 14.1. The van der Waals surface area contributed by atoms with Crippen molar-refractivity contribution in [2.45, 2.75) is 159 Å². The fourth-order valence-electron chi connectivity index (χ4n) is 6.07. The molecule has 0 saturated carbocycles. The van der Waals surface area contributed by atoms with E-state index in [2.05, 4.69) is 130 Å². The molecule has 0 aromatic heterocycles. The SMILES string of the molecule is CC(C)N(c1c(N(C(C)C)C(C)C)c1=[N+]=c1c(N(C(C)C)C(C)C)c1N(C(C)C)C(C)C)C(C)C. The molecular weight excluding hydrogens is 430 g/mol. The van der Waals surface area contributed by atoms with Gasteiger partial charge in [0.15, 0.2) is 22.7 Å². The van der Waals surface area contributed by atoms with Crippen LogP contribution < -0.4 is 35.0 Å². The van der Waals surface area contributed by atoms with Gasteiger partial charge in [-0.25, -0.2) is 0 Å². The predicted molar refractivity (Wildman–Crippen MR) is 157 cm³/mol. The van der Waals surface area contributed by atoms with E-state index in [-0.39, 0.29) is 0 Å². The summed E-state index contributed by atoms with van der Waals surface area (Å²) in [7, 11) is 0. The van der Waals surface area contributed by atoms with E-state index in [1.54, 1.807) is 0 Å². The molecule has 2 aromatic rings. The molecule has 0 unspecified atom stereocenters. The normalized spacial score (nSPS) is 12.8. The van der Waals surface area contributed by atoms with Crippen LogP contribution >= 0.6 is 0 Å². The average molecular weight is 487 g/mol. The molecule has 35 heavy (non-hydrogen) atoms. The first kappa shape index (κ1) is 29.4. The lowest BCUT2D eigenvalue weighted by Crippen LogP contribution is -2.38. The Morgan fingerprint density at radius 2 is 0.457 bits per heavy atom. The molecule has 2 aromatic carbocycles. The standard InChI is InChI=1S/C30H56N5/c1-17(2)32(18(3)4)27-25(28(27)33(19(5)6)20(7)8)31-26-29(34(21(9)10)22(11)12)30(26)35(23(13)14)24(15)16/h17-24H,1-16H3/q+1. The minimum atomic E-state index is 0.427. The van der Waals surface area contributed by atoms with Crippen LogP contribution in [-0.2, 0) is 0 Å². The molecule has 0 radical (unpaired) electrons. The molecule has 0 amide bonds. The summed E-state index contributed by atoms with van der Waals surface area (Å²) in [5.74, 6) is 0. The Morgan fingerprint density at radius 3 is 0.571 bits per heavy atom. The Morgan fingerprint density at radius 1 is 0.314 bits per heavy atom. The fraction of sp³-hybridized carbons (Fsp3) is 0.800. The minimum Gasteiger partial charge on any atom is -0.358 e. The van der Waals surface area contributed by atoms with E-state index in [9.17, 15) is 0 Å². The second kappa shape index (κ2) is 11.0. The molecule has 0 saturated heterocycles. The van der Waals surface area contributed by atoms with Crippen LogP contribution in [-0.4, -0.2) is 48.3 Å². The monoisotopic (exact) mass is 486 g/mol. The lowest BCUT2D eigenvalue weighted by molar-refractivity contribution is 0.598. The second-order valence-electron chi connectivity index (χ2n) is 12.6. The predicted octanol–water partition coefficient (Wildman–Crippen LogP) is 5.50. The molecule has 0 aliphatic heterocycles. The van der Waals surface area contributed by atoms with Gasteiger partial charge in [0.25, 0.3) is 0 Å². The van der Waals surface area contributed by atoms with Gasteiger partial charge in [-0.05, 0) is 111 Å². The zero-order chi connectivity index (χ0) is 27.1. The van der Waals surface area contributed by atoms with E-state index in [1.807, 2.05) is 0 Å². The first-order chi connectivity index (χ1) is 16.1. The molecule has 0 fully saturated rings. The average Bonchev–Trinajstić information content (AvgIpc) is 3.52. The van der Waals surface area contributed by atoms with Crippen LogP contribution in [0.3, 0.4) is 0 Å². The van der Waals surface area contributed by atoms with Gasteiger partial charge in [0.1, 0.15) is 0 Å². The molecule has 0 N–H and O–H groups in total. The summed E-state index contributed by atoms with van der Waals surface area (Å²) >= 11 is 0. The van der Waals surface area contributed by atoms with E-state index < -0.39 is 0 Å². The van der Waals surface area contributed by atoms with Crippen molar-refractivity contribution in [2.75, 3.05) is 19.6 Å². The molecule has 0 heterocycles. The Bertz CT molecular complexity index is 817. The molecular formula is C30H56N5+. The zero-order valence-corrected chi connectivity index (χ0v) is 25.9. The van der Waals surface area contributed by atoms with Crippen molar-refractivity contribution in [3.05, 3.63) is 10.7 Å². The fourth-order valence-corrected chi connectivity index (χ4v) is 6.07. The molecule has 0 aliphatic carbocycles. The third-order valence-corrected chi connectivity index (χ3v) is 6.93. The van der Waals surface area contributed by atoms with Gasteiger partial charge < -0.3 is 19.6 Å². The largest absolute Gasteiger partial charge is 0.379 e. The third-order valence-electron chi connectivity index (χ3n) is 6.93. The van der Waals surface area contributed by atoms with Gasteiger partial charge in [-0.1, -0.05) is 4.67 Å². The second-order valence-corrected chi connectivity index (χ2v) is 12.6. The smallest absolute Gasteiger partial charge is 0.358 e. The summed E-state index contributed by atoms with van der Waals surface area (Å²) in [5.41, 5.74) is 5.38. The summed E-state index contributed by atoms with van der Waals surface area (Å²) in [6, 6.07) is 3.41. The first-order valence-electron chi connectivity index (χ1n) is 14.1. The van der Waals surface area contributed by atoms with Gasteiger partial charge in [-0.15, -0.1) is 0 Å². The number of hydrogen-bond acceptors (Lipinski definition) is 4. The van der Waals surface area contributed by atoms with Crippen LogP contribution in [0.15, 0.2) is 0 Å². The Kier molecular flexibility index (Phi) is 9.25. The maximum Gasteiger partial charge on any atom is 0.379 e. The molecule has 2 rings (SSSR count). The molecule has 0 bridgehead atoms. The van der Waals surface area contributed by atoms with Crippen molar-refractivity contribution in [1.82, 2.24) is 4.67 Å². The Hall–Kier alpha value is -1.87. The van der Waals surface area contributed by atoms with Gasteiger partial charge in [0, 0.05) is 48.3 Å². The van der Waals surface area contributed by atoms with Gasteiger partial charge in [-0.3, -0.25) is 0 Å². The third kappa shape index (κ3) is 5.93. The molecule has 0 atom stereocenters. The lowest BCUT2D eigenvalue weighted by atomic mass is 10.2. The van der Waals surface area contributed by atoms with E-state index >= 15 is 0 Å². The summed E-state index contributed by atoms with van der Waals surface area (Å²) in [6.45, 7) is 36.8. The zero-order valence-electron chi connectivity index (χ0n) is 25.9. The Labute approximate surface area is 216 Å². The number of hydrogen-bond donors (Lipinski definition) is 0. The molecule has 5 nitrogen and oxygen atoms in total. The number of nitrogens with zero attached hydrogens (tertiary/aromatic N) is 5. The highest BCUT2D eigenvalue weighted by Crippen LogP contribution is 2.39. The van der Waals surface area contributed by atoms with Gasteiger partial charge in [-0.2, -0.15) is 0 Å². The number of rotatable bonds is 12. The van der Waals surface area contributed by atoms with E-state index in [0.29, 0.717) is 48.3 Å². The van der Waals surface area contributed by atoms with Crippen LogP contribution in [0.2, 0.25) is 0 Å². The maximum absolute atomic E-state index is 5.49. The van der Waals surface area contributed by atoms with E-state index in [1.165, 1.54) is 33.5 Å². The van der Waals surface area contributed by atoms with Crippen LogP contribution in [0.1, 0.15) is 111 Å². The van der Waals surface area contributed by atoms with Crippen molar-refractivity contribution in [1.29, 1.82) is 0 Å². The summed E-state index contributed by atoms with van der Waals surface area (Å²) in [6.07, 6.45) is 0. The lowest BCUT2D eigenvalue weighted by Gasteiger charge is -2.32. The minimum absolute atomic E-state index is 0.427. The van der Waals surface area contributed by atoms with Crippen molar-refractivity contribution in [2.24, 2.45) is 0 Å². The summed E-state index contributed by atoms with van der Waals surface area (Å²) in [5, 5.41) is 2.38. The molecule has 0 spiro atoms. The van der Waals surface area contributed by atoms with Crippen molar-refractivity contribution in [3.63, 3.8) is 0 Å². The highest BCUT2D eigenvalue weighted by molar-refractivity contribution is 5.88. The highest BCUT2D eigenvalue weighted by atomic mass is 15.3. The van der Waals surface area contributed by atoms with Crippen LogP contribution in [0.4, 0.5) is 22.7 Å². The summed E-state index contributed by atoms with van der Waals surface area (Å²) < 4.78 is 5.49. The van der Waals surface area contributed by atoms with Crippen LogP contribution in [0.25, 0.3) is 0 Å². The van der Waals surface area contributed by atoms with Crippen LogP contribution in [0, 0.1) is 0 Å². The quantitative estimate of drug-likeness (QED) is 0.370. The number of anilines is 4. The van der Waals surface area contributed by atoms with Gasteiger partial charge in [0.2, 0.25) is 0 Å². The van der Waals surface area contributed by atoms with Gasteiger partial charge in [0.05, 0.1) is 0 Å². The van der Waals surface area contributed by atoms with Crippen molar-refractivity contribution < 1.29 is 0 Å². The molecule has 0 aliphatic rings.